The van der Waals surface area contributed by atoms with Crippen molar-refractivity contribution in [2.24, 2.45) is 0 Å². The standard InChI is InChI=1S/C10H11BrN2OS/c1-3-4-13(7(2)14)10-5-8(11)9(6-12)15-10/h5H,3-4H2,1-2H3. The van der Waals surface area contributed by atoms with Gasteiger partial charge in [-0.15, -0.1) is 11.3 Å². The van der Waals surface area contributed by atoms with Crippen LogP contribution in [0.15, 0.2) is 10.5 Å². The Morgan fingerprint density at radius 2 is 2.40 bits per heavy atom. The third-order valence-electron chi connectivity index (χ3n) is 1.87. The topological polar surface area (TPSA) is 44.1 Å². The summed E-state index contributed by atoms with van der Waals surface area (Å²) in [4.78, 5) is 13.7. The molecule has 0 radical (unpaired) electrons. The van der Waals surface area contributed by atoms with Crippen molar-refractivity contribution in [1.82, 2.24) is 0 Å². The third-order valence-corrected chi connectivity index (χ3v) is 3.82. The average Bonchev–Trinajstić information content (AvgIpc) is 2.55. The van der Waals surface area contributed by atoms with Crippen LogP contribution in [0.25, 0.3) is 0 Å². The first-order valence-corrected chi connectivity index (χ1v) is 6.18. The van der Waals surface area contributed by atoms with E-state index >= 15 is 0 Å². The Balaban J connectivity index is 3.02. The summed E-state index contributed by atoms with van der Waals surface area (Å²) in [6, 6.07) is 3.90. The zero-order valence-electron chi connectivity index (χ0n) is 8.58. The van der Waals surface area contributed by atoms with Crippen LogP contribution in [0.4, 0.5) is 5.00 Å². The number of rotatable bonds is 3. The summed E-state index contributed by atoms with van der Waals surface area (Å²) in [6.07, 6.45) is 0.900. The zero-order chi connectivity index (χ0) is 11.4. The summed E-state index contributed by atoms with van der Waals surface area (Å²) in [5.74, 6) is 0.00934. The van der Waals surface area contributed by atoms with E-state index in [0.717, 1.165) is 15.9 Å². The summed E-state index contributed by atoms with van der Waals surface area (Å²) in [5.41, 5.74) is 0. The number of halogens is 1. The van der Waals surface area contributed by atoms with E-state index in [1.165, 1.54) is 18.3 Å². The van der Waals surface area contributed by atoms with Crippen LogP contribution in [0.5, 0.6) is 0 Å². The minimum absolute atomic E-state index is 0.00934. The van der Waals surface area contributed by atoms with E-state index in [9.17, 15) is 4.79 Å². The molecule has 0 bridgehead atoms. The Hall–Kier alpha value is -0.860. The number of nitrogens with zero attached hydrogens (tertiary/aromatic N) is 2. The van der Waals surface area contributed by atoms with Crippen molar-refractivity contribution >= 4 is 38.2 Å². The molecule has 15 heavy (non-hydrogen) atoms. The molecule has 0 aromatic carbocycles. The van der Waals surface area contributed by atoms with Crippen molar-refractivity contribution < 1.29 is 4.79 Å². The largest absolute Gasteiger partial charge is 0.304 e. The van der Waals surface area contributed by atoms with Gasteiger partial charge in [-0.3, -0.25) is 4.79 Å². The lowest BCUT2D eigenvalue weighted by molar-refractivity contribution is -0.116. The van der Waals surface area contributed by atoms with E-state index in [4.69, 9.17) is 5.26 Å². The van der Waals surface area contributed by atoms with Crippen LogP contribution in [-0.2, 0) is 4.79 Å². The van der Waals surface area contributed by atoms with Gasteiger partial charge >= 0.3 is 0 Å². The highest BCUT2D eigenvalue weighted by Crippen LogP contribution is 2.33. The van der Waals surface area contributed by atoms with Crippen molar-refractivity contribution in [3.05, 3.63) is 15.4 Å². The minimum atomic E-state index is 0.00934. The van der Waals surface area contributed by atoms with Gasteiger partial charge in [-0.05, 0) is 28.4 Å². The summed E-state index contributed by atoms with van der Waals surface area (Å²) >= 11 is 4.63. The maximum absolute atomic E-state index is 11.4. The molecule has 0 spiro atoms. The molecule has 0 fully saturated rings. The second kappa shape index (κ2) is 5.29. The smallest absolute Gasteiger partial charge is 0.224 e. The number of hydrogen-bond donors (Lipinski definition) is 0. The van der Waals surface area contributed by atoms with E-state index in [-0.39, 0.29) is 5.91 Å². The molecule has 0 aliphatic carbocycles. The first-order chi connectivity index (χ1) is 7.10. The van der Waals surface area contributed by atoms with E-state index in [1.54, 1.807) is 4.90 Å². The molecule has 3 nitrogen and oxygen atoms in total. The van der Waals surface area contributed by atoms with Crippen molar-refractivity contribution in [2.75, 3.05) is 11.4 Å². The van der Waals surface area contributed by atoms with Crippen LogP contribution >= 0.6 is 27.3 Å². The minimum Gasteiger partial charge on any atom is -0.304 e. The zero-order valence-corrected chi connectivity index (χ0v) is 11.0. The molecular formula is C10H11BrN2OS. The summed E-state index contributed by atoms with van der Waals surface area (Å²) in [6.45, 7) is 4.24. The van der Waals surface area contributed by atoms with E-state index in [1.807, 2.05) is 13.0 Å². The van der Waals surface area contributed by atoms with Crippen molar-refractivity contribution in [1.29, 1.82) is 5.26 Å². The van der Waals surface area contributed by atoms with E-state index < -0.39 is 0 Å². The number of hydrogen-bond acceptors (Lipinski definition) is 3. The highest BCUT2D eigenvalue weighted by molar-refractivity contribution is 9.10. The molecule has 0 saturated heterocycles. The highest BCUT2D eigenvalue weighted by Gasteiger charge is 2.15. The molecule has 0 aliphatic rings. The molecule has 0 saturated carbocycles. The molecule has 1 amide bonds. The van der Waals surface area contributed by atoms with Gasteiger partial charge in [-0.25, -0.2) is 0 Å². The Morgan fingerprint density at radius 3 is 2.80 bits per heavy atom. The molecule has 80 valence electrons. The van der Waals surface area contributed by atoms with Crippen molar-refractivity contribution in [3.8, 4) is 6.07 Å². The molecular weight excluding hydrogens is 276 g/mol. The van der Waals surface area contributed by atoms with Gasteiger partial charge in [0.15, 0.2) is 0 Å². The average molecular weight is 287 g/mol. The first-order valence-electron chi connectivity index (χ1n) is 4.57. The van der Waals surface area contributed by atoms with Crippen LogP contribution in [0.2, 0.25) is 0 Å². The van der Waals surface area contributed by atoms with Gasteiger partial charge in [0.2, 0.25) is 5.91 Å². The molecule has 0 aliphatic heterocycles. The van der Waals surface area contributed by atoms with Gasteiger partial charge in [-0.1, -0.05) is 6.92 Å². The number of anilines is 1. The number of amides is 1. The molecule has 1 aromatic rings. The molecule has 0 atom stereocenters. The first kappa shape index (κ1) is 12.2. The lowest BCUT2D eigenvalue weighted by atomic mass is 10.4. The van der Waals surface area contributed by atoms with E-state index in [2.05, 4.69) is 22.0 Å². The highest BCUT2D eigenvalue weighted by atomic mass is 79.9. The van der Waals surface area contributed by atoms with Gasteiger partial charge in [0.05, 0.1) is 5.00 Å². The number of carbonyl (C=O) groups excluding carboxylic acids is 1. The lowest BCUT2D eigenvalue weighted by Gasteiger charge is -2.17. The Bertz CT molecular complexity index is 408. The fraction of sp³-hybridized carbons (Fsp3) is 0.400. The Morgan fingerprint density at radius 1 is 1.73 bits per heavy atom. The van der Waals surface area contributed by atoms with Gasteiger partial charge in [0.25, 0.3) is 0 Å². The molecule has 1 aromatic heterocycles. The lowest BCUT2D eigenvalue weighted by Crippen LogP contribution is -2.28. The maximum Gasteiger partial charge on any atom is 0.224 e. The second-order valence-electron chi connectivity index (χ2n) is 3.04. The maximum atomic E-state index is 11.4. The van der Waals surface area contributed by atoms with Crippen LogP contribution in [-0.4, -0.2) is 12.5 Å². The van der Waals surface area contributed by atoms with Crippen molar-refractivity contribution in [3.63, 3.8) is 0 Å². The summed E-state index contributed by atoms with van der Waals surface area (Å²) in [7, 11) is 0. The SMILES string of the molecule is CCCN(C(C)=O)c1cc(Br)c(C#N)s1. The third kappa shape index (κ3) is 2.80. The monoisotopic (exact) mass is 286 g/mol. The summed E-state index contributed by atoms with van der Waals surface area (Å²) < 4.78 is 0.757. The van der Waals surface area contributed by atoms with Gasteiger partial charge in [-0.2, -0.15) is 5.26 Å². The number of carbonyl (C=O) groups is 1. The second-order valence-corrected chi connectivity index (χ2v) is 4.93. The Labute approximate surface area is 101 Å². The predicted molar refractivity (Wildman–Crippen MR) is 65.1 cm³/mol. The van der Waals surface area contributed by atoms with Crippen LogP contribution in [0.1, 0.15) is 25.1 Å². The van der Waals surface area contributed by atoms with Crippen LogP contribution in [0.3, 0.4) is 0 Å². The van der Waals surface area contributed by atoms with Gasteiger partial charge in [0.1, 0.15) is 10.9 Å². The van der Waals surface area contributed by atoms with Crippen molar-refractivity contribution in [2.45, 2.75) is 20.3 Å². The molecule has 1 rings (SSSR count). The van der Waals surface area contributed by atoms with Gasteiger partial charge < -0.3 is 4.90 Å². The van der Waals surface area contributed by atoms with E-state index in [0.29, 0.717) is 11.4 Å². The molecule has 5 heteroatoms. The normalized spacial score (nSPS) is 9.73. The fourth-order valence-electron chi connectivity index (χ4n) is 1.21. The fourth-order valence-corrected chi connectivity index (χ4v) is 2.83. The number of nitriles is 1. The van der Waals surface area contributed by atoms with Crippen LogP contribution < -0.4 is 4.90 Å². The number of thiophene rings is 1. The quantitative estimate of drug-likeness (QED) is 0.857. The van der Waals surface area contributed by atoms with Crippen LogP contribution in [0, 0.1) is 11.3 Å². The van der Waals surface area contributed by atoms with Gasteiger partial charge in [0, 0.05) is 17.9 Å². The summed E-state index contributed by atoms with van der Waals surface area (Å²) in [5, 5.41) is 9.64. The predicted octanol–water partition coefficient (Wildman–Crippen LogP) is 3.15. The Kier molecular flexibility index (Phi) is 4.30. The molecule has 0 N–H and O–H groups in total. The molecule has 0 unspecified atom stereocenters. The molecule has 1 heterocycles.